The number of fused-ring (bicyclic) bond motifs is 3. The second kappa shape index (κ2) is 3.20. The summed E-state index contributed by atoms with van der Waals surface area (Å²) in [6.45, 7) is 2.04. The molecule has 78 valence electrons. The summed E-state index contributed by atoms with van der Waals surface area (Å²) in [6, 6.07) is 9.93. The highest BCUT2D eigenvalue weighted by Gasteiger charge is 2.08. The lowest BCUT2D eigenvalue weighted by Gasteiger charge is -2.03. The zero-order valence-electron chi connectivity index (χ0n) is 8.95. The van der Waals surface area contributed by atoms with E-state index >= 15 is 0 Å². The Balaban J connectivity index is 2.63. The number of hydrogen-bond donors (Lipinski definition) is 1. The third kappa shape index (κ3) is 1.10. The van der Waals surface area contributed by atoms with Gasteiger partial charge in [-0.3, -0.25) is 4.79 Å². The highest BCUT2D eigenvalue weighted by Crippen LogP contribution is 2.28. The molecule has 1 N–H and O–H groups in total. The molecule has 2 aromatic carbocycles. The fraction of sp³-hybridized carbons (Fsp3) is 0.0714. The zero-order valence-corrected chi connectivity index (χ0v) is 8.95. The Bertz CT molecular complexity index is 694. The number of nitrogens with one attached hydrogen (secondary N) is 1. The van der Waals surface area contributed by atoms with Gasteiger partial charge in [0.2, 0.25) is 0 Å². The molecule has 0 bridgehead atoms. The van der Waals surface area contributed by atoms with Crippen LogP contribution in [0.1, 0.15) is 15.9 Å². The summed E-state index contributed by atoms with van der Waals surface area (Å²) in [5.74, 6) is 0. The van der Waals surface area contributed by atoms with Crippen LogP contribution >= 0.6 is 0 Å². The van der Waals surface area contributed by atoms with Crippen LogP contribution in [0.5, 0.6) is 0 Å². The standard InChI is InChI=1S/C14H11NO/c1-9-7-15-14-12-5-3-2-4-11(12)10(8-16)6-13(9)14/h2-8,15H,1H3. The Hall–Kier alpha value is -2.09. The highest BCUT2D eigenvalue weighted by molar-refractivity contribution is 6.12. The Kier molecular flexibility index (Phi) is 1.83. The molecule has 0 spiro atoms. The highest BCUT2D eigenvalue weighted by atomic mass is 16.1. The lowest BCUT2D eigenvalue weighted by Crippen LogP contribution is -1.85. The summed E-state index contributed by atoms with van der Waals surface area (Å²) in [4.78, 5) is 14.4. The van der Waals surface area contributed by atoms with Crippen molar-refractivity contribution in [1.82, 2.24) is 4.98 Å². The molecule has 0 aliphatic carbocycles. The maximum Gasteiger partial charge on any atom is 0.150 e. The summed E-state index contributed by atoms with van der Waals surface area (Å²) in [7, 11) is 0. The molecule has 0 atom stereocenters. The van der Waals surface area contributed by atoms with Crippen LogP contribution in [0.15, 0.2) is 36.5 Å². The molecule has 0 saturated heterocycles. The Morgan fingerprint density at radius 3 is 2.62 bits per heavy atom. The first-order valence-electron chi connectivity index (χ1n) is 5.26. The quantitative estimate of drug-likeness (QED) is 0.612. The van der Waals surface area contributed by atoms with Gasteiger partial charge >= 0.3 is 0 Å². The summed E-state index contributed by atoms with van der Waals surface area (Å²) >= 11 is 0. The molecule has 3 rings (SSSR count). The first kappa shape index (κ1) is 9.16. The predicted molar refractivity (Wildman–Crippen MR) is 65.9 cm³/mol. The minimum atomic E-state index is 0.755. The minimum absolute atomic E-state index is 0.755. The largest absolute Gasteiger partial charge is 0.360 e. The van der Waals surface area contributed by atoms with E-state index in [1.165, 1.54) is 5.56 Å². The molecule has 16 heavy (non-hydrogen) atoms. The van der Waals surface area contributed by atoms with Crippen molar-refractivity contribution < 1.29 is 4.79 Å². The summed E-state index contributed by atoms with van der Waals surface area (Å²) in [5.41, 5.74) is 3.04. The average Bonchev–Trinajstić information content (AvgIpc) is 2.70. The molecule has 0 fully saturated rings. The first-order chi connectivity index (χ1) is 7.81. The predicted octanol–water partition coefficient (Wildman–Crippen LogP) is 3.44. The lowest BCUT2D eigenvalue weighted by molar-refractivity contribution is 0.112. The third-order valence-electron chi connectivity index (χ3n) is 3.06. The lowest BCUT2D eigenvalue weighted by atomic mass is 10.0. The van der Waals surface area contributed by atoms with E-state index in [-0.39, 0.29) is 0 Å². The summed E-state index contributed by atoms with van der Waals surface area (Å²) in [6.07, 6.45) is 2.90. The zero-order chi connectivity index (χ0) is 11.1. The van der Waals surface area contributed by atoms with Gasteiger partial charge in [-0.25, -0.2) is 0 Å². The van der Waals surface area contributed by atoms with Crippen LogP contribution < -0.4 is 0 Å². The van der Waals surface area contributed by atoms with Gasteiger partial charge in [-0.2, -0.15) is 0 Å². The van der Waals surface area contributed by atoms with Crippen LogP contribution in [-0.2, 0) is 0 Å². The molecule has 2 heteroatoms. The molecule has 0 saturated carbocycles. The molecule has 3 aromatic rings. The summed E-state index contributed by atoms with van der Waals surface area (Å²) in [5, 5.41) is 3.24. The van der Waals surface area contributed by atoms with E-state index in [4.69, 9.17) is 0 Å². The van der Waals surface area contributed by atoms with Gasteiger partial charge in [-0.05, 0) is 23.9 Å². The van der Waals surface area contributed by atoms with Crippen molar-refractivity contribution >= 4 is 28.0 Å². The van der Waals surface area contributed by atoms with Gasteiger partial charge in [0.1, 0.15) is 0 Å². The maximum absolute atomic E-state index is 11.1. The van der Waals surface area contributed by atoms with E-state index in [2.05, 4.69) is 4.98 Å². The van der Waals surface area contributed by atoms with Crippen molar-refractivity contribution in [3.05, 3.63) is 47.7 Å². The van der Waals surface area contributed by atoms with Crippen molar-refractivity contribution in [2.45, 2.75) is 6.92 Å². The van der Waals surface area contributed by atoms with Crippen molar-refractivity contribution in [1.29, 1.82) is 0 Å². The number of H-pyrrole nitrogens is 1. The van der Waals surface area contributed by atoms with Crippen molar-refractivity contribution in [2.24, 2.45) is 0 Å². The molecule has 1 aromatic heterocycles. The second-order valence-electron chi connectivity index (χ2n) is 4.02. The summed E-state index contributed by atoms with van der Waals surface area (Å²) < 4.78 is 0. The van der Waals surface area contributed by atoms with E-state index < -0.39 is 0 Å². The van der Waals surface area contributed by atoms with Crippen LogP contribution in [0.3, 0.4) is 0 Å². The van der Waals surface area contributed by atoms with E-state index in [9.17, 15) is 4.79 Å². The first-order valence-corrected chi connectivity index (χ1v) is 5.26. The average molecular weight is 209 g/mol. The number of carbonyl (C=O) groups excluding carboxylic acids is 1. The molecule has 2 nitrogen and oxygen atoms in total. The van der Waals surface area contributed by atoms with Crippen molar-refractivity contribution in [2.75, 3.05) is 0 Å². The van der Waals surface area contributed by atoms with E-state index in [0.29, 0.717) is 0 Å². The van der Waals surface area contributed by atoms with Crippen LogP contribution in [-0.4, -0.2) is 11.3 Å². The minimum Gasteiger partial charge on any atom is -0.360 e. The van der Waals surface area contributed by atoms with Crippen LogP contribution in [0.2, 0.25) is 0 Å². The maximum atomic E-state index is 11.1. The van der Waals surface area contributed by atoms with Gasteiger partial charge in [-0.1, -0.05) is 24.3 Å². The molecule has 0 amide bonds. The van der Waals surface area contributed by atoms with Gasteiger partial charge in [0.05, 0.1) is 5.52 Å². The van der Waals surface area contributed by atoms with E-state index in [0.717, 1.165) is 33.5 Å². The topological polar surface area (TPSA) is 32.9 Å². The Morgan fingerprint density at radius 2 is 1.88 bits per heavy atom. The fourth-order valence-corrected chi connectivity index (χ4v) is 2.23. The van der Waals surface area contributed by atoms with Crippen molar-refractivity contribution in [3.63, 3.8) is 0 Å². The Labute approximate surface area is 92.9 Å². The van der Waals surface area contributed by atoms with Gasteiger partial charge in [-0.15, -0.1) is 0 Å². The molecular weight excluding hydrogens is 198 g/mol. The van der Waals surface area contributed by atoms with Crippen LogP contribution in [0.4, 0.5) is 0 Å². The SMILES string of the molecule is Cc1c[nH]c2c1cc(C=O)c1ccccc12. The van der Waals surface area contributed by atoms with Gasteiger partial charge in [0.15, 0.2) is 6.29 Å². The molecular formula is C14H11NO. The molecule has 1 heterocycles. The molecule has 0 aliphatic heterocycles. The second-order valence-corrected chi connectivity index (χ2v) is 4.02. The van der Waals surface area contributed by atoms with Gasteiger partial charge in [0.25, 0.3) is 0 Å². The number of aromatic amines is 1. The van der Waals surface area contributed by atoms with Gasteiger partial charge < -0.3 is 4.98 Å². The normalized spacial score (nSPS) is 11.1. The van der Waals surface area contributed by atoms with E-state index in [1.807, 2.05) is 43.5 Å². The fourth-order valence-electron chi connectivity index (χ4n) is 2.23. The van der Waals surface area contributed by atoms with Crippen LogP contribution in [0.25, 0.3) is 21.7 Å². The molecule has 0 unspecified atom stereocenters. The van der Waals surface area contributed by atoms with Crippen LogP contribution in [0, 0.1) is 6.92 Å². The Morgan fingerprint density at radius 1 is 1.12 bits per heavy atom. The number of aldehydes is 1. The number of rotatable bonds is 1. The molecule has 0 radical (unpaired) electrons. The smallest absolute Gasteiger partial charge is 0.150 e. The number of hydrogen-bond acceptors (Lipinski definition) is 1. The van der Waals surface area contributed by atoms with Crippen molar-refractivity contribution in [3.8, 4) is 0 Å². The van der Waals surface area contributed by atoms with E-state index in [1.54, 1.807) is 0 Å². The monoisotopic (exact) mass is 209 g/mol. The number of carbonyl (C=O) groups is 1. The third-order valence-corrected chi connectivity index (χ3v) is 3.06. The van der Waals surface area contributed by atoms with Gasteiger partial charge in [0, 0.05) is 22.5 Å². The number of aryl methyl sites for hydroxylation is 1. The molecule has 0 aliphatic rings. The number of aromatic nitrogens is 1. The number of benzene rings is 2.